The van der Waals surface area contributed by atoms with Gasteiger partial charge in [0.2, 0.25) is 5.91 Å². The molecule has 5 nitrogen and oxygen atoms in total. The number of rotatable bonds is 7. The zero-order valence-corrected chi connectivity index (χ0v) is 16.2. The van der Waals surface area contributed by atoms with E-state index in [0.29, 0.717) is 12.4 Å². The van der Waals surface area contributed by atoms with Crippen molar-refractivity contribution in [3.8, 4) is 17.1 Å². The van der Waals surface area contributed by atoms with Gasteiger partial charge in [-0.15, -0.1) is 0 Å². The zero-order chi connectivity index (χ0) is 18.4. The number of hydrogen-bond donors (Lipinski definition) is 1. The molecule has 0 saturated heterocycles. The molecule has 1 amide bonds. The number of carbonyl (C=O) groups is 1. The van der Waals surface area contributed by atoms with Crippen LogP contribution in [-0.2, 0) is 4.79 Å². The minimum absolute atomic E-state index is 0.0776. The summed E-state index contributed by atoms with van der Waals surface area (Å²) in [5, 5.41) is 2.87. The standard InChI is InChI=1S/C19H19N3O2S2/c1-3-24-16-10-8-15(9-11-16)20-17(23)12-25-19-21-18(22-26-19)14-6-4-13(2)5-7-14/h4-11H,3,12H2,1-2H3,(H,20,23). The van der Waals surface area contributed by atoms with E-state index in [9.17, 15) is 4.79 Å². The molecule has 0 unspecified atom stereocenters. The Morgan fingerprint density at radius 2 is 1.88 bits per heavy atom. The van der Waals surface area contributed by atoms with Crippen LogP contribution in [0.3, 0.4) is 0 Å². The molecule has 0 atom stereocenters. The fourth-order valence-electron chi connectivity index (χ4n) is 2.21. The van der Waals surface area contributed by atoms with Gasteiger partial charge in [-0.1, -0.05) is 41.6 Å². The third-order valence-corrected chi connectivity index (χ3v) is 5.33. The van der Waals surface area contributed by atoms with Gasteiger partial charge in [0.1, 0.15) is 5.75 Å². The molecule has 0 radical (unpaired) electrons. The molecule has 134 valence electrons. The Hall–Kier alpha value is -2.38. The molecule has 1 aromatic heterocycles. The van der Waals surface area contributed by atoms with Crippen molar-refractivity contribution in [2.24, 2.45) is 0 Å². The van der Waals surface area contributed by atoms with Crippen molar-refractivity contribution < 1.29 is 9.53 Å². The van der Waals surface area contributed by atoms with Crippen LogP contribution in [-0.4, -0.2) is 27.6 Å². The molecule has 7 heteroatoms. The highest BCUT2D eigenvalue weighted by Crippen LogP contribution is 2.25. The number of amides is 1. The average Bonchev–Trinajstić information content (AvgIpc) is 3.11. The van der Waals surface area contributed by atoms with E-state index in [1.165, 1.54) is 28.9 Å². The molecule has 3 rings (SSSR count). The van der Waals surface area contributed by atoms with E-state index in [4.69, 9.17) is 4.74 Å². The quantitative estimate of drug-likeness (QED) is 0.600. The monoisotopic (exact) mass is 385 g/mol. The van der Waals surface area contributed by atoms with Crippen molar-refractivity contribution in [3.05, 3.63) is 54.1 Å². The lowest BCUT2D eigenvalue weighted by molar-refractivity contribution is -0.113. The average molecular weight is 386 g/mol. The largest absolute Gasteiger partial charge is 0.494 e. The Morgan fingerprint density at radius 1 is 1.15 bits per heavy atom. The zero-order valence-electron chi connectivity index (χ0n) is 14.6. The van der Waals surface area contributed by atoms with E-state index in [-0.39, 0.29) is 11.7 Å². The Labute approximate surface area is 161 Å². The number of thioether (sulfide) groups is 1. The minimum atomic E-state index is -0.0776. The van der Waals surface area contributed by atoms with Gasteiger partial charge >= 0.3 is 0 Å². The van der Waals surface area contributed by atoms with Gasteiger partial charge in [-0.2, -0.15) is 4.37 Å². The molecule has 0 spiro atoms. The molecule has 2 aromatic carbocycles. The highest BCUT2D eigenvalue weighted by Gasteiger charge is 2.10. The van der Waals surface area contributed by atoms with Crippen molar-refractivity contribution in [2.75, 3.05) is 17.7 Å². The Bertz CT molecular complexity index is 861. The predicted molar refractivity (Wildman–Crippen MR) is 107 cm³/mol. The molecule has 0 aliphatic rings. The van der Waals surface area contributed by atoms with Crippen LogP contribution in [0.4, 0.5) is 5.69 Å². The number of carbonyl (C=O) groups excluding carboxylic acids is 1. The summed E-state index contributed by atoms with van der Waals surface area (Å²) < 4.78 is 10.5. The normalized spacial score (nSPS) is 10.5. The molecule has 0 saturated carbocycles. The molecule has 0 fully saturated rings. The maximum Gasteiger partial charge on any atom is 0.234 e. The fourth-order valence-corrected chi connectivity index (χ4v) is 3.63. The van der Waals surface area contributed by atoms with Crippen LogP contribution in [0.5, 0.6) is 5.75 Å². The maximum atomic E-state index is 12.1. The van der Waals surface area contributed by atoms with Crippen molar-refractivity contribution in [1.29, 1.82) is 0 Å². The highest BCUT2D eigenvalue weighted by atomic mass is 32.2. The van der Waals surface area contributed by atoms with Gasteiger partial charge < -0.3 is 10.1 Å². The number of benzene rings is 2. The van der Waals surface area contributed by atoms with Gasteiger partial charge in [0.25, 0.3) is 0 Å². The van der Waals surface area contributed by atoms with E-state index >= 15 is 0 Å². The number of hydrogen-bond acceptors (Lipinski definition) is 6. The summed E-state index contributed by atoms with van der Waals surface area (Å²) in [5.41, 5.74) is 2.93. The van der Waals surface area contributed by atoms with Crippen molar-refractivity contribution in [3.63, 3.8) is 0 Å². The summed E-state index contributed by atoms with van der Waals surface area (Å²) in [4.78, 5) is 16.6. The van der Waals surface area contributed by atoms with Crippen LogP contribution in [0.2, 0.25) is 0 Å². The van der Waals surface area contributed by atoms with Crippen LogP contribution in [0.1, 0.15) is 12.5 Å². The first kappa shape index (κ1) is 18.4. The molecule has 1 N–H and O–H groups in total. The second-order valence-electron chi connectivity index (χ2n) is 5.54. The summed E-state index contributed by atoms with van der Waals surface area (Å²) in [7, 11) is 0. The first-order valence-corrected chi connectivity index (χ1v) is 9.96. The van der Waals surface area contributed by atoms with Gasteiger partial charge in [0.15, 0.2) is 10.2 Å². The van der Waals surface area contributed by atoms with Crippen LogP contribution >= 0.6 is 23.3 Å². The van der Waals surface area contributed by atoms with E-state index in [0.717, 1.165) is 21.3 Å². The first-order valence-electron chi connectivity index (χ1n) is 8.20. The highest BCUT2D eigenvalue weighted by molar-refractivity contribution is 8.01. The third-order valence-electron chi connectivity index (χ3n) is 3.49. The number of nitrogens with zero attached hydrogens (tertiary/aromatic N) is 2. The number of aryl methyl sites for hydroxylation is 1. The summed E-state index contributed by atoms with van der Waals surface area (Å²) in [6, 6.07) is 15.4. The van der Waals surface area contributed by atoms with Gasteiger partial charge in [-0.25, -0.2) is 4.98 Å². The molecular formula is C19H19N3O2S2. The smallest absolute Gasteiger partial charge is 0.234 e. The first-order chi connectivity index (χ1) is 12.6. The van der Waals surface area contributed by atoms with Crippen LogP contribution in [0, 0.1) is 6.92 Å². The number of ether oxygens (including phenoxy) is 1. The van der Waals surface area contributed by atoms with Crippen LogP contribution < -0.4 is 10.1 Å². The second kappa shape index (κ2) is 8.82. The fraction of sp³-hybridized carbons (Fsp3) is 0.211. The van der Waals surface area contributed by atoms with Crippen molar-refractivity contribution in [1.82, 2.24) is 9.36 Å². The van der Waals surface area contributed by atoms with E-state index in [1.807, 2.05) is 62.4 Å². The Kier molecular flexibility index (Phi) is 6.25. The summed E-state index contributed by atoms with van der Waals surface area (Å²) >= 11 is 2.70. The lowest BCUT2D eigenvalue weighted by Crippen LogP contribution is -2.13. The third kappa shape index (κ3) is 5.06. The molecule has 1 heterocycles. The van der Waals surface area contributed by atoms with E-state index in [1.54, 1.807) is 0 Å². The summed E-state index contributed by atoms with van der Waals surface area (Å²) in [5.74, 6) is 1.70. The van der Waals surface area contributed by atoms with Crippen LogP contribution in [0.15, 0.2) is 52.9 Å². The van der Waals surface area contributed by atoms with Gasteiger partial charge in [0, 0.05) is 11.3 Å². The maximum absolute atomic E-state index is 12.1. The summed E-state index contributed by atoms with van der Waals surface area (Å²) in [6.07, 6.45) is 0. The lowest BCUT2D eigenvalue weighted by atomic mass is 10.1. The van der Waals surface area contributed by atoms with Gasteiger partial charge in [0.05, 0.1) is 12.4 Å². The Morgan fingerprint density at radius 3 is 2.58 bits per heavy atom. The predicted octanol–water partition coefficient (Wildman–Crippen LogP) is 4.64. The lowest BCUT2D eigenvalue weighted by Gasteiger charge is -2.06. The SMILES string of the molecule is CCOc1ccc(NC(=O)CSc2nc(-c3ccc(C)cc3)ns2)cc1. The van der Waals surface area contributed by atoms with E-state index < -0.39 is 0 Å². The minimum Gasteiger partial charge on any atom is -0.494 e. The van der Waals surface area contributed by atoms with E-state index in [2.05, 4.69) is 14.7 Å². The number of anilines is 1. The molecule has 3 aromatic rings. The Balaban J connectivity index is 1.52. The second-order valence-corrected chi connectivity index (χ2v) is 7.52. The molecule has 0 aliphatic heterocycles. The number of aromatic nitrogens is 2. The molecule has 0 bridgehead atoms. The van der Waals surface area contributed by atoms with Crippen LogP contribution in [0.25, 0.3) is 11.4 Å². The van der Waals surface area contributed by atoms with Gasteiger partial charge in [-0.05, 0) is 49.6 Å². The number of nitrogens with one attached hydrogen (secondary N) is 1. The van der Waals surface area contributed by atoms with Crippen molar-refractivity contribution in [2.45, 2.75) is 18.2 Å². The van der Waals surface area contributed by atoms with Crippen molar-refractivity contribution >= 4 is 34.9 Å². The summed E-state index contributed by atoms with van der Waals surface area (Å²) in [6.45, 7) is 4.60. The topological polar surface area (TPSA) is 64.1 Å². The van der Waals surface area contributed by atoms with Gasteiger partial charge in [-0.3, -0.25) is 4.79 Å². The molecule has 0 aliphatic carbocycles. The molecular weight excluding hydrogens is 366 g/mol. The molecule has 26 heavy (non-hydrogen) atoms.